The van der Waals surface area contributed by atoms with E-state index in [1.807, 2.05) is 6.92 Å². The zero-order chi connectivity index (χ0) is 13.0. The Labute approximate surface area is 109 Å². The number of imide groups is 1. The van der Waals surface area contributed by atoms with Crippen molar-refractivity contribution in [3.63, 3.8) is 0 Å². The molecule has 1 aliphatic carbocycles. The van der Waals surface area contributed by atoms with Crippen LogP contribution in [0.4, 0.5) is 0 Å². The first kappa shape index (κ1) is 13.5. The molecule has 0 aromatic rings. The van der Waals surface area contributed by atoms with Crippen LogP contribution in [0.15, 0.2) is 0 Å². The van der Waals surface area contributed by atoms with Crippen LogP contribution in [0.2, 0.25) is 0 Å². The predicted octanol–water partition coefficient (Wildman–Crippen LogP) is 1.70. The lowest BCUT2D eigenvalue weighted by atomic mass is 9.67. The number of carbonyl (C=O) groups is 2. The normalized spacial score (nSPS) is 23.7. The molecule has 0 atom stereocenters. The van der Waals surface area contributed by atoms with Gasteiger partial charge in [0.2, 0.25) is 11.8 Å². The van der Waals surface area contributed by atoms with Crippen LogP contribution in [0.1, 0.15) is 51.9 Å². The predicted molar refractivity (Wildman–Crippen MR) is 70.0 cm³/mol. The van der Waals surface area contributed by atoms with Crippen molar-refractivity contribution in [1.82, 2.24) is 10.2 Å². The molecule has 2 aliphatic rings. The van der Waals surface area contributed by atoms with Crippen molar-refractivity contribution in [2.75, 3.05) is 19.6 Å². The van der Waals surface area contributed by atoms with E-state index in [-0.39, 0.29) is 17.2 Å². The first-order valence-corrected chi connectivity index (χ1v) is 7.21. The number of nitrogens with zero attached hydrogens (tertiary/aromatic N) is 1. The number of likely N-dealkylation sites (N-methyl/N-ethyl adjacent to an activating group) is 1. The van der Waals surface area contributed by atoms with Gasteiger partial charge in [-0.1, -0.05) is 26.2 Å². The van der Waals surface area contributed by atoms with Crippen LogP contribution in [0.5, 0.6) is 0 Å². The molecule has 1 aliphatic heterocycles. The van der Waals surface area contributed by atoms with E-state index < -0.39 is 0 Å². The molecular weight excluding hydrogens is 228 g/mol. The molecule has 18 heavy (non-hydrogen) atoms. The molecule has 4 nitrogen and oxygen atoms in total. The average molecular weight is 252 g/mol. The summed E-state index contributed by atoms with van der Waals surface area (Å²) in [5.74, 6) is 0.0945. The molecule has 0 bridgehead atoms. The van der Waals surface area contributed by atoms with Crippen molar-refractivity contribution < 1.29 is 9.59 Å². The molecule has 0 unspecified atom stereocenters. The number of hydrogen-bond donors (Lipinski definition) is 1. The fourth-order valence-electron chi connectivity index (χ4n) is 3.31. The molecule has 102 valence electrons. The standard InChI is InChI=1S/C14H24N2O2/c1-2-15-8-9-16-12(17)10-14(11-13(16)18)6-4-3-5-7-14/h15H,2-11H2,1H3. The first-order chi connectivity index (χ1) is 8.67. The molecule has 1 saturated heterocycles. The molecule has 0 aromatic carbocycles. The van der Waals surface area contributed by atoms with E-state index in [2.05, 4.69) is 5.32 Å². The summed E-state index contributed by atoms with van der Waals surface area (Å²) in [7, 11) is 0. The maximum atomic E-state index is 12.1. The molecule has 1 N–H and O–H groups in total. The van der Waals surface area contributed by atoms with E-state index in [9.17, 15) is 9.59 Å². The van der Waals surface area contributed by atoms with Gasteiger partial charge in [-0.15, -0.1) is 0 Å². The second kappa shape index (κ2) is 5.83. The Morgan fingerprint density at radius 1 is 1.11 bits per heavy atom. The van der Waals surface area contributed by atoms with Crippen molar-refractivity contribution in [3.05, 3.63) is 0 Å². The van der Waals surface area contributed by atoms with Crippen LogP contribution in [-0.2, 0) is 9.59 Å². The van der Waals surface area contributed by atoms with Crippen molar-refractivity contribution in [2.45, 2.75) is 51.9 Å². The molecule has 0 aromatic heterocycles. The third-order valence-corrected chi connectivity index (χ3v) is 4.33. The highest BCUT2D eigenvalue weighted by molar-refractivity contribution is 5.98. The topological polar surface area (TPSA) is 49.4 Å². The van der Waals surface area contributed by atoms with Gasteiger partial charge in [-0.2, -0.15) is 0 Å². The molecule has 0 radical (unpaired) electrons. The zero-order valence-electron chi connectivity index (χ0n) is 11.3. The Morgan fingerprint density at radius 3 is 2.28 bits per heavy atom. The van der Waals surface area contributed by atoms with Crippen LogP contribution in [-0.4, -0.2) is 36.3 Å². The zero-order valence-corrected chi connectivity index (χ0v) is 11.3. The number of amides is 2. The highest BCUT2D eigenvalue weighted by Crippen LogP contribution is 2.45. The molecular formula is C14H24N2O2. The van der Waals surface area contributed by atoms with Gasteiger partial charge in [0.05, 0.1) is 0 Å². The molecule has 2 fully saturated rings. The number of piperidine rings is 1. The lowest BCUT2D eigenvalue weighted by Crippen LogP contribution is -2.50. The monoisotopic (exact) mass is 252 g/mol. The summed E-state index contributed by atoms with van der Waals surface area (Å²) in [5.41, 5.74) is 0.0150. The van der Waals surface area contributed by atoms with E-state index >= 15 is 0 Å². The van der Waals surface area contributed by atoms with Crippen LogP contribution < -0.4 is 5.32 Å². The average Bonchev–Trinajstić information content (AvgIpc) is 2.34. The largest absolute Gasteiger partial charge is 0.315 e. The van der Waals surface area contributed by atoms with Gasteiger partial charge < -0.3 is 5.32 Å². The van der Waals surface area contributed by atoms with Crippen LogP contribution in [0.25, 0.3) is 0 Å². The fraction of sp³-hybridized carbons (Fsp3) is 0.857. The molecule has 4 heteroatoms. The smallest absolute Gasteiger partial charge is 0.229 e. The number of carbonyl (C=O) groups excluding carboxylic acids is 2. The second-order valence-corrected chi connectivity index (χ2v) is 5.71. The Bertz CT molecular complexity index is 302. The maximum absolute atomic E-state index is 12.1. The van der Waals surface area contributed by atoms with Crippen molar-refractivity contribution in [1.29, 1.82) is 0 Å². The van der Waals surface area contributed by atoms with Gasteiger partial charge in [0, 0.05) is 25.9 Å². The summed E-state index contributed by atoms with van der Waals surface area (Å²) in [6.07, 6.45) is 6.91. The first-order valence-electron chi connectivity index (χ1n) is 7.21. The molecule has 1 spiro atoms. The number of nitrogens with one attached hydrogen (secondary N) is 1. The molecule has 2 amide bonds. The molecule has 2 rings (SSSR count). The Balaban J connectivity index is 1.94. The van der Waals surface area contributed by atoms with Crippen LogP contribution >= 0.6 is 0 Å². The van der Waals surface area contributed by atoms with Crippen molar-refractivity contribution in [3.8, 4) is 0 Å². The molecule has 1 saturated carbocycles. The van der Waals surface area contributed by atoms with Gasteiger partial charge in [-0.05, 0) is 24.8 Å². The summed E-state index contributed by atoms with van der Waals surface area (Å²) >= 11 is 0. The van der Waals surface area contributed by atoms with Gasteiger partial charge >= 0.3 is 0 Å². The lowest BCUT2D eigenvalue weighted by molar-refractivity contribution is -0.154. The lowest BCUT2D eigenvalue weighted by Gasteiger charge is -2.42. The van der Waals surface area contributed by atoms with Gasteiger partial charge in [-0.25, -0.2) is 0 Å². The second-order valence-electron chi connectivity index (χ2n) is 5.71. The Morgan fingerprint density at radius 2 is 1.72 bits per heavy atom. The third-order valence-electron chi connectivity index (χ3n) is 4.33. The SMILES string of the molecule is CCNCCN1C(=O)CC2(CCCCC2)CC1=O. The van der Waals surface area contributed by atoms with Gasteiger partial charge in [-0.3, -0.25) is 14.5 Å². The van der Waals surface area contributed by atoms with Gasteiger partial charge in [0.25, 0.3) is 0 Å². The summed E-state index contributed by atoms with van der Waals surface area (Å²) in [6.45, 7) is 4.14. The van der Waals surface area contributed by atoms with Gasteiger partial charge in [0.15, 0.2) is 0 Å². The van der Waals surface area contributed by atoms with Crippen molar-refractivity contribution in [2.24, 2.45) is 5.41 Å². The number of likely N-dealkylation sites (tertiary alicyclic amines) is 1. The molecule has 1 heterocycles. The highest BCUT2D eigenvalue weighted by Gasteiger charge is 2.43. The van der Waals surface area contributed by atoms with Crippen molar-refractivity contribution >= 4 is 11.8 Å². The summed E-state index contributed by atoms with van der Waals surface area (Å²) < 4.78 is 0. The summed E-state index contributed by atoms with van der Waals surface area (Å²) in [5, 5.41) is 3.16. The minimum Gasteiger partial charge on any atom is -0.315 e. The Hall–Kier alpha value is -0.900. The fourth-order valence-corrected chi connectivity index (χ4v) is 3.31. The number of hydrogen-bond acceptors (Lipinski definition) is 3. The van der Waals surface area contributed by atoms with E-state index in [1.54, 1.807) is 0 Å². The Kier molecular flexibility index (Phi) is 4.38. The number of rotatable bonds is 4. The van der Waals surface area contributed by atoms with Gasteiger partial charge in [0.1, 0.15) is 0 Å². The van der Waals surface area contributed by atoms with E-state index in [0.29, 0.717) is 25.9 Å². The van der Waals surface area contributed by atoms with Crippen LogP contribution in [0.3, 0.4) is 0 Å². The van der Waals surface area contributed by atoms with E-state index in [1.165, 1.54) is 24.2 Å². The maximum Gasteiger partial charge on any atom is 0.229 e. The quantitative estimate of drug-likeness (QED) is 0.612. The highest BCUT2D eigenvalue weighted by atomic mass is 16.2. The minimum absolute atomic E-state index is 0.0150. The van der Waals surface area contributed by atoms with E-state index in [0.717, 1.165) is 19.4 Å². The minimum atomic E-state index is 0.0150. The summed E-state index contributed by atoms with van der Waals surface area (Å²) in [4.78, 5) is 25.8. The summed E-state index contributed by atoms with van der Waals surface area (Å²) in [6, 6.07) is 0. The van der Waals surface area contributed by atoms with E-state index in [4.69, 9.17) is 0 Å². The third kappa shape index (κ3) is 2.91. The van der Waals surface area contributed by atoms with Crippen LogP contribution in [0, 0.1) is 5.41 Å².